The average molecular weight is 333 g/mol. The zero-order valence-electron chi connectivity index (χ0n) is 11.3. The van der Waals surface area contributed by atoms with Gasteiger partial charge in [0.1, 0.15) is 11.8 Å². The fraction of sp³-hybridized carbons (Fsp3) is 0.545. The first-order valence-electron chi connectivity index (χ1n) is 6.24. The normalized spacial score (nSPS) is 21.2. The first-order valence-corrected chi connectivity index (χ1v) is 8.94. The van der Waals surface area contributed by atoms with Crippen LogP contribution in [0.1, 0.15) is 19.0 Å². The Balaban J connectivity index is 2.15. The minimum Gasteiger partial charge on any atom is -0.461 e. The zero-order chi connectivity index (χ0) is 15.5. The van der Waals surface area contributed by atoms with Gasteiger partial charge in [0, 0.05) is 11.8 Å². The Kier molecular flexibility index (Phi) is 4.78. The van der Waals surface area contributed by atoms with Gasteiger partial charge < -0.3 is 15.3 Å². The molecule has 0 radical (unpaired) electrons. The summed E-state index contributed by atoms with van der Waals surface area (Å²) in [4.78, 5) is 21.0. The minimum absolute atomic E-state index is 0.0611. The molecule has 21 heavy (non-hydrogen) atoms. The van der Waals surface area contributed by atoms with Crippen molar-refractivity contribution in [2.75, 3.05) is 23.8 Å². The van der Waals surface area contributed by atoms with E-state index >= 15 is 0 Å². The molecule has 2 heterocycles. The molecule has 1 unspecified atom stereocenters. The Morgan fingerprint density at radius 3 is 2.90 bits per heavy atom. The van der Waals surface area contributed by atoms with E-state index < -0.39 is 21.9 Å². The first-order chi connectivity index (χ1) is 9.91. The van der Waals surface area contributed by atoms with E-state index in [-0.39, 0.29) is 34.6 Å². The quantitative estimate of drug-likeness (QED) is 0.464. The van der Waals surface area contributed by atoms with Gasteiger partial charge >= 0.3 is 5.97 Å². The molecule has 1 aliphatic rings. The van der Waals surface area contributed by atoms with Gasteiger partial charge in [0.2, 0.25) is 5.71 Å². The molecule has 1 saturated heterocycles. The number of nitrogen functional groups attached to an aromatic ring is 1. The van der Waals surface area contributed by atoms with E-state index in [4.69, 9.17) is 15.3 Å². The van der Waals surface area contributed by atoms with Crippen molar-refractivity contribution in [2.24, 2.45) is 5.16 Å². The second kappa shape index (κ2) is 6.39. The number of anilines is 1. The highest BCUT2D eigenvalue weighted by Crippen LogP contribution is 2.17. The van der Waals surface area contributed by atoms with Gasteiger partial charge in [0.05, 0.1) is 18.1 Å². The van der Waals surface area contributed by atoms with Gasteiger partial charge in [-0.25, -0.2) is 18.2 Å². The number of hydrogen-bond donors (Lipinski definition) is 1. The largest absolute Gasteiger partial charge is 0.461 e. The molecule has 1 aromatic heterocycles. The van der Waals surface area contributed by atoms with Gasteiger partial charge in [-0.05, 0) is 6.92 Å². The second-order valence-corrected chi connectivity index (χ2v) is 7.48. The number of esters is 1. The van der Waals surface area contributed by atoms with Crippen molar-refractivity contribution in [3.8, 4) is 0 Å². The number of rotatable bonds is 5. The van der Waals surface area contributed by atoms with Crippen LogP contribution in [-0.4, -0.2) is 49.3 Å². The lowest BCUT2D eigenvalue weighted by molar-refractivity contribution is -0.135. The molecule has 0 amide bonds. The molecule has 116 valence electrons. The van der Waals surface area contributed by atoms with Gasteiger partial charge in [0.15, 0.2) is 15.0 Å². The topological polar surface area (TPSA) is 121 Å². The van der Waals surface area contributed by atoms with Gasteiger partial charge in [-0.15, -0.1) is 11.3 Å². The Labute approximate surface area is 125 Å². The highest BCUT2D eigenvalue weighted by molar-refractivity contribution is 7.91. The number of sulfone groups is 1. The third-order valence-electron chi connectivity index (χ3n) is 2.72. The lowest BCUT2D eigenvalue weighted by atomic mass is 10.3. The van der Waals surface area contributed by atoms with Gasteiger partial charge in [-0.3, -0.25) is 0 Å². The molecular weight excluding hydrogens is 318 g/mol. The number of ether oxygens (including phenoxy) is 1. The Hall–Kier alpha value is -1.68. The van der Waals surface area contributed by atoms with E-state index in [1.807, 2.05) is 0 Å². The molecule has 0 saturated carbocycles. The standard InChI is InChI=1S/C11H15N3O5S2/c1-2-18-10(15)9(8-5-20-11(12)13-8)14-19-7-3-4-21(16,17)6-7/h5,7H,2-4,6H2,1H3,(H2,12,13)/b14-9-. The second-order valence-electron chi connectivity index (χ2n) is 4.36. The van der Waals surface area contributed by atoms with Gasteiger partial charge in [-0.2, -0.15) is 0 Å². The molecule has 1 fully saturated rings. The van der Waals surface area contributed by atoms with Crippen LogP contribution < -0.4 is 5.73 Å². The molecule has 8 nitrogen and oxygen atoms in total. The highest BCUT2D eigenvalue weighted by Gasteiger charge is 2.30. The Bertz CT molecular complexity index is 653. The van der Waals surface area contributed by atoms with E-state index in [1.165, 1.54) is 0 Å². The third kappa shape index (κ3) is 4.14. The SMILES string of the molecule is CCOC(=O)/C(=N\OC1CCS(=O)(=O)C1)c1csc(N)n1. The molecule has 10 heteroatoms. The number of thiazole rings is 1. The van der Waals surface area contributed by atoms with Gasteiger partial charge in [-0.1, -0.05) is 5.16 Å². The van der Waals surface area contributed by atoms with Crippen molar-refractivity contribution in [3.63, 3.8) is 0 Å². The van der Waals surface area contributed by atoms with Crippen molar-refractivity contribution in [3.05, 3.63) is 11.1 Å². The number of nitrogens with two attached hydrogens (primary N) is 1. The summed E-state index contributed by atoms with van der Waals surface area (Å²) in [6.45, 7) is 1.84. The Morgan fingerprint density at radius 1 is 1.62 bits per heavy atom. The van der Waals surface area contributed by atoms with Crippen molar-refractivity contribution in [2.45, 2.75) is 19.4 Å². The average Bonchev–Trinajstić information content (AvgIpc) is 2.96. The van der Waals surface area contributed by atoms with Crippen molar-refractivity contribution in [1.29, 1.82) is 0 Å². The van der Waals surface area contributed by atoms with E-state index in [0.717, 1.165) is 11.3 Å². The fourth-order valence-corrected chi connectivity index (χ4v) is 3.89. The Morgan fingerprint density at radius 2 is 2.38 bits per heavy atom. The lowest BCUT2D eigenvalue weighted by Gasteiger charge is -2.07. The zero-order valence-corrected chi connectivity index (χ0v) is 12.9. The molecule has 1 aromatic rings. The van der Waals surface area contributed by atoms with E-state index in [1.54, 1.807) is 12.3 Å². The van der Waals surface area contributed by atoms with Crippen LogP contribution in [0.25, 0.3) is 0 Å². The fourth-order valence-electron chi connectivity index (χ4n) is 1.76. The van der Waals surface area contributed by atoms with E-state index in [2.05, 4.69) is 10.1 Å². The van der Waals surface area contributed by atoms with Crippen LogP contribution in [0.5, 0.6) is 0 Å². The van der Waals surface area contributed by atoms with Crippen molar-refractivity contribution < 1.29 is 22.8 Å². The number of carbonyl (C=O) groups is 1. The molecule has 0 aliphatic carbocycles. The van der Waals surface area contributed by atoms with Crippen LogP contribution in [0.3, 0.4) is 0 Å². The summed E-state index contributed by atoms with van der Waals surface area (Å²) in [5.41, 5.74) is 5.65. The van der Waals surface area contributed by atoms with E-state index in [9.17, 15) is 13.2 Å². The number of nitrogens with zero attached hydrogens (tertiary/aromatic N) is 2. The predicted octanol–water partition coefficient (Wildman–Crippen LogP) is 0.196. The van der Waals surface area contributed by atoms with Crippen LogP contribution in [0, 0.1) is 0 Å². The van der Waals surface area contributed by atoms with E-state index in [0.29, 0.717) is 6.42 Å². The molecule has 1 aliphatic heterocycles. The van der Waals surface area contributed by atoms with Crippen LogP contribution in [0.2, 0.25) is 0 Å². The van der Waals surface area contributed by atoms with Crippen LogP contribution in [0.15, 0.2) is 10.5 Å². The summed E-state index contributed by atoms with van der Waals surface area (Å²) in [6, 6.07) is 0. The summed E-state index contributed by atoms with van der Waals surface area (Å²) < 4.78 is 27.6. The third-order valence-corrected chi connectivity index (χ3v) is 5.13. The molecular formula is C11H15N3O5S2. The van der Waals surface area contributed by atoms with Crippen molar-refractivity contribution >= 4 is 38.0 Å². The van der Waals surface area contributed by atoms with Gasteiger partial charge in [0.25, 0.3) is 0 Å². The predicted molar refractivity (Wildman–Crippen MR) is 77.8 cm³/mol. The smallest absolute Gasteiger partial charge is 0.362 e. The molecule has 2 N–H and O–H groups in total. The number of hydrogen-bond acceptors (Lipinski definition) is 9. The number of aromatic nitrogens is 1. The van der Waals surface area contributed by atoms with Crippen LogP contribution in [-0.2, 0) is 24.2 Å². The summed E-state index contributed by atoms with van der Waals surface area (Å²) in [7, 11) is -3.08. The maximum atomic E-state index is 11.9. The maximum absolute atomic E-state index is 11.9. The summed E-state index contributed by atoms with van der Waals surface area (Å²) in [5.74, 6) is -0.735. The van der Waals surface area contributed by atoms with Crippen molar-refractivity contribution in [1.82, 2.24) is 4.98 Å². The molecule has 0 bridgehead atoms. The number of oxime groups is 1. The maximum Gasteiger partial charge on any atom is 0.362 e. The molecule has 0 aromatic carbocycles. The summed E-state index contributed by atoms with van der Waals surface area (Å²) in [5, 5.41) is 5.58. The summed E-state index contributed by atoms with van der Waals surface area (Å²) in [6.07, 6.45) is -0.211. The lowest BCUT2D eigenvalue weighted by Crippen LogP contribution is -2.21. The molecule has 1 atom stereocenters. The molecule has 2 rings (SSSR count). The number of carbonyl (C=O) groups excluding carboxylic acids is 1. The highest BCUT2D eigenvalue weighted by atomic mass is 32.2. The van der Waals surface area contributed by atoms with Crippen LogP contribution >= 0.6 is 11.3 Å². The molecule has 0 spiro atoms. The first kappa shape index (κ1) is 15.7. The minimum atomic E-state index is -3.08. The summed E-state index contributed by atoms with van der Waals surface area (Å²) >= 11 is 1.15. The monoisotopic (exact) mass is 333 g/mol. The van der Waals surface area contributed by atoms with Crippen LogP contribution in [0.4, 0.5) is 5.13 Å².